The van der Waals surface area contributed by atoms with Gasteiger partial charge < -0.3 is 4.90 Å². The maximum Gasteiger partial charge on any atom is 0.269 e. The number of benzene rings is 1. The van der Waals surface area contributed by atoms with Crippen molar-refractivity contribution in [1.82, 2.24) is 9.21 Å². The molecule has 116 valence electrons. The lowest BCUT2D eigenvalue weighted by Crippen LogP contribution is -2.42. The van der Waals surface area contributed by atoms with E-state index < -0.39 is 28.4 Å². The molecule has 0 bridgehead atoms. The van der Waals surface area contributed by atoms with Crippen LogP contribution in [0.3, 0.4) is 0 Å². The summed E-state index contributed by atoms with van der Waals surface area (Å²) in [5, 5.41) is 0. The minimum Gasteiger partial charge on any atom is -0.334 e. The summed E-state index contributed by atoms with van der Waals surface area (Å²) in [6, 6.07) is 5.92. The normalized spacial score (nSPS) is 15.3. The summed E-state index contributed by atoms with van der Waals surface area (Å²) in [6.07, 6.45) is 3.05. The number of amides is 2. The first-order chi connectivity index (χ1) is 10.4. The summed E-state index contributed by atoms with van der Waals surface area (Å²) in [4.78, 5) is 25.8. The average molecular weight is 320 g/mol. The van der Waals surface area contributed by atoms with E-state index >= 15 is 0 Å². The van der Waals surface area contributed by atoms with Crippen molar-refractivity contribution >= 4 is 21.8 Å². The Labute approximate surface area is 129 Å². The lowest BCUT2D eigenvalue weighted by atomic mass is 10.2. The van der Waals surface area contributed by atoms with Crippen molar-refractivity contribution in [2.75, 3.05) is 19.6 Å². The van der Waals surface area contributed by atoms with E-state index in [-0.39, 0.29) is 23.5 Å². The molecule has 0 saturated carbocycles. The van der Waals surface area contributed by atoms with Gasteiger partial charge in [-0.3, -0.25) is 9.59 Å². The third-order valence-corrected chi connectivity index (χ3v) is 5.03. The standard InChI is InChI=1S/C15H16N2O4S/c1-3-9-16(10-4-2)14(18)11-17-15(19)12-7-5-6-8-13(12)22(17,20)21/h3-8H,1-2,9-11H2. The predicted molar refractivity (Wildman–Crippen MR) is 81.6 cm³/mol. The zero-order valence-corrected chi connectivity index (χ0v) is 12.8. The van der Waals surface area contributed by atoms with E-state index in [1.54, 1.807) is 6.07 Å². The van der Waals surface area contributed by atoms with Crippen molar-refractivity contribution in [2.24, 2.45) is 0 Å². The topological polar surface area (TPSA) is 74.8 Å². The van der Waals surface area contributed by atoms with Crippen molar-refractivity contribution in [3.63, 3.8) is 0 Å². The van der Waals surface area contributed by atoms with Gasteiger partial charge in [0.2, 0.25) is 5.91 Å². The van der Waals surface area contributed by atoms with Crippen LogP contribution in [0.15, 0.2) is 54.5 Å². The van der Waals surface area contributed by atoms with E-state index in [1.165, 1.54) is 35.3 Å². The van der Waals surface area contributed by atoms with E-state index in [0.29, 0.717) is 4.31 Å². The summed E-state index contributed by atoms with van der Waals surface area (Å²) in [7, 11) is -3.97. The fourth-order valence-corrected chi connectivity index (χ4v) is 3.72. The number of nitrogens with zero attached hydrogens (tertiary/aromatic N) is 2. The molecule has 1 aliphatic rings. The molecule has 0 atom stereocenters. The van der Waals surface area contributed by atoms with Crippen LogP contribution in [0.5, 0.6) is 0 Å². The Morgan fingerprint density at radius 3 is 2.32 bits per heavy atom. The van der Waals surface area contributed by atoms with Crippen molar-refractivity contribution in [2.45, 2.75) is 4.90 Å². The lowest BCUT2D eigenvalue weighted by molar-refractivity contribution is -0.130. The van der Waals surface area contributed by atoms with Crippen LogP contribution in [0, 0.1) is 0 Å². The second-order valence-corrected chi connectivity index (χ2v) is 6.52. The Morgan fingerprint density at radius 2 is 1.77 bits per heavy atom. The van der Waals surface area contributed by atoms with Gasteiger partial charge in [-0.25, -0.2) is 12.7 Å². The third-order valence-electron chi connectivity index (χ3n) is 3.24. The van der Waals surface area contributed by atoms with Crippen LogP contribution in [0.25, 0.3) is 0 Å². The SMILES string of the molecule is C=CCN(CC=C)C(=O)CN1C(=O)c2ccccc2S1(=O)=O. The molecule has 1 aliphatic heterocycles. The smallest absolute Gasteiger partial charge is 0.269 e. The monoisotopic (exact) mass is 320 g/mol. The molecule has 6 nitrogen and oxygen atoms in total. The molecular formula is C15H16N2O4S. The number of carbonyl (C=O) groups excluding carboxylic acids is 2. The molecule has 2 amide bonds. The summed E-state index contributed by atoms with van der Waals surface area (Å²) in [5.74, 6) is -1.16. The van der Waals surface area contributed by atoms with Crippen LogP contribution in [0.4, 0.5) is 0 Å². The van der Waals surface area contributed by atoms with Crippen LogP contribution < -0.4 is 0 Å². The molecule has 2 rings (SSSR count). The van der Waals surface area contributed by atoms with Gasteiger partial charge in [-0.15, -0.1) is 13.2 Å². The summed E-state index contributed by atoms with van der Waals surface area (Å²) in [6.45, 7) is 7.06. The van der Waals surface area contributed by atoms with Gasteiger partial charge in [0.05, 0.1) is 5.56 Å². The largest absolute Gasteiger partial charge is 0.334 e. The molecule has 0 spiro atoms. The molecule has 0 aromatic heterocycles. The van der Waals surface area contributed by atoms with Gasteiger partial charge in [0.25, 0.3) is 15.9 Å². The van der Waals surface area contributed by atoms with Crippen LogP contribution >= 0.6 is 0 Å². The highest BCUT2D eigenvalue weighted by molar-refractivity contribution is 7.90. The zero-order chi connectivity index (χ0) is 16.3. The zero-order valence-electron chi connectivity index (χ0n) is 11.9. The molecule has 1 aromatic carbocycles. The van der Waals surface area contributed by atoms with E-state index in [1.807, 2.05) is 0 Å². The predicted octanol–water partition coefficient (Wildman–Crippen LogP) is 1.03. The molecule has 0 radical (unpaired) electrons. The second kappa shape index (κ2) is 6.15. The Hall–Kier alpha value is -2.41. The minimum absolute atomic E-state index is 0.0632. The summed E-state index contributed by atoms with van der Waals surface area (Å²) in [5.41, 5.74) is 0.0919. The second-order valence-electron chi connectivity index (χ2n) is 4.69. The molecule has 0 saturated heterocycles. The van der Waals surface area contributed by atoms with Crippen LogP contribution in [-0.4, -0.2) is 49.1 Å². The fourth-order valence-electron chi connectivity index (χ4n) is 2.20. The van der Waals surface area contributed by atoms with Gasteiger partial charge in [0.15, 0.2) is 0 Å². The van der Waals surface area contributed by atoms with E-state index in [2.05, 4.69) is 13.2 Å². The number of fused-ring (bicyclic) bond motifs is 1. The Morgan fingerprint density at radius 1 is 1.18 bits per heavy atom. The molecule has 1 aromatic rings. The maximum atomic E-state index is 12.4. The quantitative estimate of drug-likeness (QED) is 0.734. The molecule has 22 heavy (non-hydrogen) atoms. The van der Waals surface area contributed by atoms with Gasteiger partial charge in [-0.2, -0.15) is 0 Å². The number of hydrogen-bond acceptors (Lipinski definition) is 4. The summed E-state index contributed by atoms with van der Waals surface area (Å²) < 4.78 is 25.3. The first-order valence-electron chi connectivity index (χ1n) is 6.59. The number of rotatable bonds is 6. The van der Waals surface area contributed by atoms with Crippen LogP contribution in [-0.2, 0) is 14.8 Å². The number of sulfonamides is 1. The fraction of sp³-hybridized carbons (Fsp3) is 0.200. The van der Waals surface area contributed by atoms with Gasteiger partial charge in [0.1, 0.15) is 11.4 Å². The first-order valence-corrected chi connectivity index (χ1v) is 8.03. The lowest BCUT2D eigenvalue weighted by Gasteiger charge is -2.22. The molecule has 0 unspecified atom stereocenters. The molecule has 0 aliphatic carbocycles. The van der Waals surface area contributed by atoms with Crippen molar-refractivity contribution in [1.29, 1.82) is 0 Å². The molecule has 0 fully saturated rings. The Bertz CT molecular complexity index is 730. The third kappa shape index (κ3) is 2.67. The molecule has 0 N–H and O–H groups in total. The van der Waals surface area contributed by atoms with Crippen LogP contribution in [0.2, 0.25) is 0 Å². The van der Waals surface area contributed by atoms with E-state index in [0.717, 1.165) is 0 Å². The van der Waals surface area contributed by atoms with Crippen molar-refractivity contribution in [3.8, 4) is 0 Å². The van der Waals surface area contributed by atoms with Gasteiger partial charge in [-0.1, -0.05) is 24.3 Å². The van der Waals surface area contributed by atoms with Gasteiger partial charge >= 0.3 is 0 Å². The van der Waals surface area contributed by atoms with Gasteiger partial charge in [0, 0.05) is 13.1 Å². The molecule has 7 heteroatoms. The highest BCUT2D eigenvalue weighted by Crippen LogP contribution is 2.29. The summed E-state index contributed by atoms with van der Waals surface area (Å²) >= 11 is 0. The van der Waals surface area contributed by atoms with Crippen molar-refractivity contribution < 1.29 is 18.0 Å². The Balaban J connectivity index is 2.28. The van der Waals surface area contributed by atoms with Crippen LogP contribution in [0.1, 0.15) is 10.4 Å². The minimum atomic E-state index is -3.97. The Kier molecular flexibility index (Phi) is 4.46. The van der Waals surface area contributed by atoms with E-state index in [9.17, 15) is 18.0 Å². The molecule has 1 heterocycles. The molecular weight excluding hydrogens is 304 g/mol. The van der Waals surface area contributed by atoms with Crippen molar-refractivity contribution in [3.05, 3.63) is 55.1 Å². The maximum absolute atomic E-state index is 12.4. The average Bonchev–Trinajstić information content (AvgIpc) is 2.68. The van der Waals surface area contributed by atoms with Gasteiger partial charge in [-0.05, 0) is 12.1 Å². The highest BCUT2D eigenvalue weighted by atomic mass is 32.2. The van der Waals surface area contributed by atoms with E-state index in [4.69, 9.17) is 0 Å². The number of carbonyl (C=O) groups is 2. The number of hydrogen-bond donors (Lipinski definition) is 0. The first kappa shape index (κ1) is 16.0. The highest BCUT2D eigenvalue weighted by Gasteiger charge is 2.42.